The SMILES string of the molecule is CC(C)NC1=CC(=O)C[C@@H](c2ccccc2)C1. The molecule has 1 aliphatic rings. The van der Waals surface area contributed by atoms with Crippen molar-refractivity contribution >= 4 is 5.78 Å². The van der Waals surface area contributed by atoms with Crippen LogP contribution in [0.5, 0.6) is 0 Å². The van der Waals surface area contributed by atoms with Crippen LogP contribution in [0.1, 0.15) is 38.2 Å². The Morgan fingerprint density at radius 3 is 2.53 bits per heavy atom. The quantitative estimate of drug-likeness (QED) is 0.863. The average Bonchev–Trinajstić information content (AvgIpc) is 2.28. The van der Waals surface area contributed by atoms with Crippen LogP contribution in [-0.2, 0) is 4.79 Å². The molecule has 2 heteroatoms. The van der Waals surface area contributed by atoms with Crippen molar-refractivity contribution in [2.24, 2.45) is 0 Å². The zero-order valence-electron chi connectivity index (χ0n) is 10.4. The molecular weight excluding hydrogens is 210 g/mol. The molecule has 1 aromatic carbocycles. The van der Waals surface area contributed by atoms with Gasteiger partial charge in [-0.1, -0.05) is 30.3 Å². The fourth-order valence-corrected chi connectivity index (χ4v) is 2.32. The van der Waals surface area contributed by atoms with E-state index in [1.807, 2.05) is 18.2 Å². The van der Waals surface area contributed by atoms with Crippen LogP contribution in [0, 0.1) is 0 Å². The molecule has 17 heavy (non-hydrogen) atoms. The minimum absolute atomic E-state index is 0.230. The predicted octanol–water partition coefficient (Wildman–Crippen LogP) is 3.02. The van der Waals surface area contributed by atoms with Gasteiger partial charge in [0.2, 0.25) is 0 Å². The molecule has 0 aromatic heterocycles. The Bertz CT molecular complexity index is 420. The van der Waals surface area contributed by atoms with E-state index < -0.39 is 0 Å². The van der Waals surface area contributed by atoms with E-state index in [0.29, 0.717) is 18.4 Å². The van der Waals surface area contributed by atoms with Gasteiger partial charge in [-0.05, 0) is 31.7 Å². The van der Waals surface area contributed by atoms with E-state index in [9.17, 15) is 4.79 Å². The summed E-state index contributed by atoms with van der Waals surface area (Å²) in [7, 11) is 0. The normalized spacial score (nSPS) is 20.3. The Morgan fingerprint density at radius 2 is 1.88 bits per heavy atom. The summed E-state index contributed by atoms with van der Waals surface area (Å²) in [4.78, 5) is 11.7. The van der Waals surface area contributed by atoms with Gasteiger partial charge in [-0.15, -0.1) is 0 Å². The molecule has 0 amide bonds. The Morgan fingerprint density at radius 1 is 1.18 bits per heavy atom. The monoisotopic (exact) mass is 229 g/mol. The second-order valence-electron chi connectivity index (χ2n) is 4.95. The molecule has 0 saturated heterocycles. The van der Waals surface area contributed by atoms with Crippen molar-refractivity contribution in [3.63, 3.8) is 0 Å². The molecule has 1 aromatic rings. The Kier molecular flexibility index (Phi) is 3.62. The predicted molar refractivity (Wildman–Crippen MR) is 69.8 cm³/mol. The molecule has 0 saturated carbocycles. The van der Waals surface area contributed by atoms with E-state index in [1.54, 1.807) is 6.08 Å². The minimum atomic E-state index is 0.230. The molecule has 0 spiro atoms. The maximum absolute atomic E-state index is 11.7. The van der Waals surface area contributed by atoms with Crippen molar-refractivity contribution < 1.29 is 4.79 Å². The maximum Gasteiger partial charge on any atom is 0.158 e. The molecule has 1 atom stereocenters. The molecule has 2 nitrogen and oxygen atoms in total. The van der Waals surface area contributed by atoms with E-state index in [-0.39, 0.29) is 5.78 Å². The highest BCUT2D eigenvalue weighted by Gasteiger charge is 2.22. The highest BCUT2D eigenvalue weighted by Crippen LogP contribution is 2.30. The Hall–Kier alpha value is -1.57. The van der Waals surface area contributed by atoms with Crippen molar-refractivity contribution in [1.82, 2.24) is 5.32 Å². The molecule has 2 rings (SSSR count). The zero-order valence-corrected chi connectivity index (χ0v) is 10.4. The first-order valence-electron chi connectivity index (χ1n) is 6.20. The largest absolute Gasteiger partial charge is 0.386 e. The third-order valence-electron chi connectivity index (χ3n) is 2.99. The van der Waals surface area contributed by atoms with Crippen LogP contribution < -0.4 is 5.32 Å². The van der Waals surface area contributed by atoms with Gasteiger partial charge >= 0.3 is 0 Å². The third kappa shape index (κ3) is 3.19. The molecule has 1 aliphatic carbocycles. The van der Waals surface area contributed by atoms with Crippen LogP contribution in [-0.4, -0.2) is 11.8 Å². The molecule has 0 radical (unpaired) electrons. The number of carbonyl (C=O) groups is 1. The molecule has 90 valence electrons. The van der Waals surface area contributed by atoms with E-state index >= 15 is 0 Å². The molecule has 0 bridgehead atoms. The van der Waals surface area contributed by atoms with Crippen LogP contribution in [0.2, 0.25) is 0 Å². The maximum atomic E-state index is 11.7. The minimum Gasteiger partial charge on any atom is -0.386 e. The van der Waals surface area contributed by atoms with Crippen LogP contribution >= 0.6 is 0 Å². The van der Waals surface area contributed by atoms with E-state index in [0.717, 1.165) is 12.1 Å². The summed E-state index contributed by atoms with van der Waals surface area (Å²) in [6, 6.07) is 10.7. The van der Waals surface area contributed by atoms with Gasteiger partial charge in [-0.25, -0.2) is 0 Å². The topological polar surface area (TPSA) is 29.1 Å². The fourth-order valence-electron chi connectivity index (χ4n) is 2.32. The van der Waals surface area contributed by atoms with E-state index in [1.165, 1.54) is 5.56 Å². The summed E-state index contributed by atoms with van der Waals surface area (Å²) in [6.45, 7) is 4.19. The summed E-state index contributed by atoms with van der Waals surface area (Å²) in [5.74, 6) is 0.559. The number of hydrogen-bond donors (Lipinski definition) is 1. The Labute approximate surface area is 103 Å². The number of nitrogens with one attached hydrogen (secondary N) is 1. The molecule has 1 N–H and O–H groups in total. The van der Waals surface area contributed by atoms with Crippen LogP contribution in [0.4, 0.5) is 0 Å². The average molecular weight is 229 g/mol. The lowest BCUT2D eigenvalue weighted by Crippen LogP contribution is -2.27. The third-order valence-corrected chi connectivity index (χ3v) is 2.99. The second-order valence-corrected chi connectivity index (χ2v) is 4.95. The molecule has 0 aliphatic heterocycles. The lowest BCUT2D eigenvalue weighted by atomic mass is 9.85. The van der Waals surface area contributed by atoms with Crippen LogP contribution in [0.25, 0.3) is 0 Å². The van der Waals surface area contributed by atoms with Crippen LogP contribution in [0.3, 0.4) is 0 Å². The molecular formula is C15H19NO. The van der Waals surface area contributed by atoms with E-state index in [2.05, 4.69) is 31.3 Å². The number of rotatable bonds is 3. The smallest absolute Gasteiger partial charge is 0.158 e. The van der Waals surface area contributed by atoms with Crippen molar-refractivity contribution in [2.45, 2.75) is 38.6 Å². The van der Waals surface area contributed by atoms with Gasteiger partial charge in [0, 0.05) is 24.2 Å². The fraction of sp³-hybridized carbons (Fsp3) is 0.400. The van der Waals surface area contributed by atoms with Gasteiger partial charge in [-0.2, -0.15) is 0 Å². The lowest BCUT2D eigenvalue weighted by molar-refractivity contribution is -0.115. The van der Waals surface area contributed by atoms with Crippen molar-refractivity contribution in [1.29, 1.82) is 0 Å². The summed E-state index contributed by atoms with van der Waals surface area (Å²) in [5, 5.41) is 3.35. The molecule has 0 heterocycles. The summed E-state index contributed by atoms with van der Waals surface area (Å²) >= 11 is 0. The first-order valence-corrected chi connectivity index (χ1v) is 6.20. The zero-order chi connectivity index (χ0) is 12.3. The van der Waals surface area contributed by atoms with Gasteiger partial charge in [0.25, 0.3) is 0 Å². The number of carbonyl (C=O) groups excluding carboxylic acids is 1. The number of ketones is 1. The molecule has 0 unspecified atom stereocenters. The molecule has 0 fully saturated rings. The van der Waals surface area contributed by atoms with E-state index in [4.69, 9.17) is 0 Å². The number of hydrogen-bond acceptors (Lipinski definition) is 2. The van der Waals surface area contributed by atoms with Gasteiger partial charge < -0.3 is 5.32 Å². The Balaban J connectivity index is 2.13. The standard InChI is InChI=1S/C15H19NO/c1-11(2)16-14-8-13(9-15(17)10-14)12-6-4-3-5-7-12/h3-7,10-11,13,16H,8-9H2,1-2H3/t13-/m0/s1. The number of allylic oxidation sites excluding steroid dienone is 2. The summed E-state index contributed by atoms with van der Waals surface area (Å²) in [6.07, 6.45) is 3.33. The highest BCUT2D eigenvalue weighted by atomic mass is 16.1. The van der Waals surface area contributed by atoms with Crippen molar-refractivity contribution in [3.05, 3.63) is 47.7 Å². The van der Waals surface area contributed by atoms with Crippen molar-refractivity contribution in [3.8, 4) is 0 Å². The second kappa shape index (κ2) is 5.17. The first-order chi connectivity index (χ1) is 8.15. The van der Waals surface area contributed by atoms with Gasteiger partial charge in [0.15, 0.2) is 5.78 Å². The van der Waals surface area contributed by atoms with Gasteiger partial charge in [0.05, 0.1) is 0 Å². The first kappa shape index (κ1) is 11.9. The van der Waals surface area contributed by atoms with Gasteiger partial charge in [0.1, 0.15) is 0 Å². The summed E-state index contributed by atoms with van der Waals surface area (Å²) < 4.78 is 0. The summed E-state index contributed by atoms with van der Waals surface area (Å²) in [5.41, 5.74) is 2.34. The van der Waals surface area contributed by atoms with Gasteiger partial charge in [-0.3, -0.25) is 4.79 Å². The van der Waals surface area contributed by atoms with Crippen molar-refractivity contribution in [2.75, 3.05) is 0 Å². The van der Waals surface area contributed by atoms with Crippen LogP contribution in [0.15, 0.2) is 42.1 Å². The highest BCUT2D eigenvalue weighted by molar-refractivity contribution is 5.91. The number of benzene rings is 1. The lowest BCUT2D eigenvalue weighted by Gasteiger charge is -2.24.